The second-order valence-corrected chi connectivity index (χ2v) is 5.72. The molecule has 0 unspecified atom stereocenters. The maximum absolute atomic E-state index is 12.2. The summed E-state index contributed by atoms with van der Waals surface area (Å²) < 4.78 is 1.52. The van der Waals surface area contributed by atoms with Gasteiger partial charge in [0.05, 0.1) is 16.4 Å². The summed E-state index contributed by atoms with van der Waals surface area (Å²) in [5.41, 5.74) is 0.786. The Balaban J connectivity index is 2.26. The predicted molar refractivity (Wildman–Crippen MR) is 76.2 cm³/mol. The smallest absolute Gasteiger partial charge is 0.297 e. The van der Waals surface area contributed by atoms with Crippen molar-refractivity contribution in [1.29, 1.82) is 0 Å². The molecule has 21 heavy (non-hydrogen) atoms. The first-order valence-corrected chi connectivity index (χ1v) is 7.41. The van der Waals surface area contributed by atoms with Crippen molar-refractivity contribution in [2.75, 3.05) is 0 Å². The van der Waals surface area contributed by atoms with Gasteiger partial charge < -0.3 is 9.46 Å². The summed E-state index contributed by atoms with van der Waals surface area (Å²) >= 11 is 6.95. The van der Waals surface area contributed by atoms with Crippen LogP contribution in [0.1, 0.15) is 11.1 Å². The molecule has 0 N–H and O–H groups in total. The Morgan fingerprint density at radius 2 is 2.19 bits per heavy atom. The number of thioether (sulfide) groups is 1. The highest BCUT2D eigenvalue weighted by atomic mass is 35.5. The lowest BCUT2D eigenvalue weighted by Crippen LogP contribution is -2.21. The Labute approximate surface area is 127 Å². The van der Waals surface area contributed by atoms with E-state index in [-0.39, 0.29) is 34.1 Å². The fourth-order valence-corrected chi connectivity index (χ4v) is 3.50. The number of nitrogens with zero attached hydrogens (tertiary/aromatic N) is 1. The molecule has 0 aliphatic carbocycles. The third-order valence-corrected chi connectivity index (χ3v) is 4.60. The SMILES string of the molecule is O=c1c(CCl)c[o+]([O-])c2c1CSc1cc([N+](=O)[O-])ccc1-2. The van der Waals surface area contributed by atoms with Crippen molar-refractivity contribution in [3.63, 3.8) is 0 Å². The summed E-state index contributed by atoms with van der Waals surface area (Å²) in [5, 5.41) is 22.9. The number of fused-ring (bicyclic) bond motifs is 3. The molecule has 0 atom stereocenters. The van der Waals surface area contributed by atoms with Gasteiger partial charge in [-0.3, -0.25) is 14.9 Å². The van der Waals surface area contributed by atoms with Crippen LogP contribution in [0.4, 0.5) is 5.69 Å². The minimum Gasteiger partial charge on any atom is -0.556 e. The molecule has 0 bridgehead atoms. The molecule has 0 fully saturated rings. The van der Waals surface area contributed by atoms with Crippen LogP contribution in [-0.4, -0.2) is 4.92 Å². The zero-order valence-electron chi connectivity index (χ0n) is 10.5. The molecule has 1 aliphatic rings. The van der Waals surface area contributed by atoms with Gasteiger partial charge in [-0.15, -0.1) is 23.4 Å². The van der Waals surface area contributed by atoms with Gasteiger partial charge in [0.25, 0.3) is 17.7 Å². The standard InChI is InChI=1S/C13H8ClNO5S/c14-4-7-5-20(19)13-9-2-1-8(15(17)18)3-11(9)21-6-10(13)12(7)16/h1-3,5H,4,6H2. The zero-order valence-corrected chi connectivity index (χ0v) is 12.1. The van der Waals surface area contributed by atoms with E-state index in [1.54, 1.807) is 0 Å². The molecule has 2 aromatic rings. The summed E-state index contributed by atoms with van der Waals surface area (Å²) in [4.78, 5) is 23.1. The Morgan fingerprint density at radius 3 is 2.86 bits per heavy atom. The van der Waals surface area contributed by atoms with Crippen LogP contribution in [0, 0.1) is 10.1 Å². The molecule has 8 heteroatoms. The molecule has 6 nitrogen and oxygen atoms in total. The van der Waals surface area contributed by atoms with Crippen molar-refractivity contribution in [2.24, 2.45) is 0 Å². The van der Waals surface area contributed by atoms with Gasteiger partial charge in [-0.2, -0.15) is 0 Å². The monoisotopic (exact) mass is 325 g/mol. The number of benzene rings is 1. The van der Waals surface area contributed by atoms with E-state index in [1.165, 1.54) is 34.2 Å². The summed E-state index contributed by atoms with van der Waals surface area (Å²) in [7, 11) is 0. The Hall–Kier alpha value is -1.99. The molecule has 3 rings (SSSR count). The molecule has 0 amide bonds. The van der Waals surface area contributed by atoms with Gasteiger partial charge in [0.15, 0.2) is 0 Å². The fraction of sp³-hybridized carbons (Fsp3) is 0.154. The van der Waals surface area contributed by atoms with Crippen molar-refractivity contribution >= 4 is 29.1 Å². The van der Waals surface area contributed by atoms with Crippen LogP contribution in [0.5, 0.6) is 0 Å². The Morgan fingerprint density at radius 1 is 1.43 bits per heavy atom. The van der Waals surface area contributed by atoms with Crippen molar-refractivity contribution in [1.82, 2.24) is 0 Å². The van der Waals surface area contributed by atoms with Crippen LogP contribution < -0.4 is 10.7 Å². The van der Waals surface area contributed by atoms with E-state index in [2.05, 4.69) is 0 Å². The Kier molecular flexibility index (Phi) is 3.38. The number of non-ortho nitro benzene ring substituents is 1. The van der Waals surface area contributed by atoms with Crippen molar-refractivity contribution < 1.29 is 14.4 Å². The van der Waals surface area contributed by atoms with Gasteiger partial charge in [0.2, 0.25) is 5.43 Å². The number of halogens is 1. The minimum absolute atomic E-state index is 0.0425. The van der Waals surface area contributed by atoms with Gasteiger partial charge in [0.1, 0.15) is 11.1 Å². The first-order valence-electron chi connectivity index (χ1n) is 5.89. The molecular weight excluding hydrogens is 318 g/mol. The molecule has 108 valence electrons. The number of nitro groups is 1. The third-order valence-electron chi connectivity index (χ3n) is 3.23. The average Bonchev–Trinajstić information content (AvgIpc) is 2.49. The highest BCUT2D eigenvalue weighted by Crippen LogP contribution is 2.42. The Bertz CT molecular complexity index is 817. The van der Waals surface area contributed by atoms with E-state index < -0.39 is 4.92 Å². The predicted octanol–water partition coefficient (Wildman–Crippen LogP) is 2.37. The molecular formula is C13H8ClNO5S. The molecule has 1 aromatic carbocycles. The quantitative estimate of drug-likeness (QED) is 0.278. The average molecular weight is 326 g/mol. The number of rotatable bonds is 2. The van der Waals surface area contributed by atoms with Gasteiger partial charge in [0, 0.05) is 22.8 Å². The second kappa shape index (κ2) is 5.09. The second-order valence-electron chi connectivity index (χ2n) is 4.44. The highest BCUT2D eigenvalue weighted by molar-refractivity contribution is 7.98. The first kappa shape index (κ1) is 14.0. The largest absolute Gasteiger partial charge is 0.556 e. The van der Waals surface area contributed by atoms with Crippen molar-refractivity contribution in [3.8, 4) is 11.3 Å². The van der Waals surface area contributed by atoms with E-state index in [0.717, 1.165) is 6.26 Å². The maximum Gasteiger partial charge on any atom is 0.297 e. The van der Waals surface area contributed by atoms with Gasteiger partial charge in [-0.05, 0) is 6.07 Å². The van der Waals surface area contributed by atoms with Crippen LogP contribution in [-0.2, 0) is 11.6 Å². The molecule has 0 saturated carbocycles. The lowest BCUT2D eigenvalue weighted by Gasteiger charge is -2.19. The summed E-state index contributed by atoms with van der Waals surface area (Å²) in [6.45, 7) is 0. The fourth-order valence-electron chi connectivity index (χ4n) is 2.24. The number of hydrogen-bond donors (Lipinski definition) is 0. The molecule has 1 aromatic heterocycles. The molecule has 0 radical (unpaired) electrons. The van der Waals surface area contributed by atoms with E-state index in [1.807, 2.05) is 0 Å². The van der Waals surface area contributed by atoms with Crippen molar-refractivity contribution in [2.45, 2.75) is 16.5 Å². The van der Waals surface area contributed by atoms with Crippen LogP contribution >= 0.6 is 23.4 Å². The number of hydrogen-bond acceptors (Lipinski definition) is 5. The maximum atomic E-state index is 12.2. The summed E-state index contributed by atoms with van der Waals surface area (Å²) in [5.74, 6) is 0.416. The van der Waals surface area contributed by atoms with E-state index in [0.29, 0.717) is 16.0 Å². The topological polar surface area (TPSA) is 86.0 Å². The molecule has 0 saturated heterocycles. The summed E-state index contributed by atoms with van der Waals surface area (Å²) in [6.07, 6.45) is 1.09. The zero-order chi connectivity index (χ0) is 15.1. The minimum atomic E-state index is -0.496. The van der Waals surface area contributed by atoms with Gasteiger partial charge >= 0.3 is 0 Å². The van der Waals surface area contributed by atoms with Crippen LogP contribution in [0.2, 0.25) is 0 Å². The highest BCUT2D eigenvalue weighted by Gasteiger charge is 2.30. The van der Waals surface area contributed by atoms with Gasteiger partial charge in [-0.1, -0.05) is 0 Å². The van der Waals surface area contributed by atoms with Crippen molar-refractivity contribution in [3.05, 3.63) is 55.9 Å². The molecule has 0 spiro atoms. The lowest BCUT2D eigenvalue weighted by atomic mass is 10.1. The van der Waals surface area contributed by atoms with Crippen LogP contribution in [0.25, 0.3) is 11.3 Å². The van der Waals surface area contributed by atoms with Crippen LogP contribution in [0.15, 0.2) is 38.4 Å². The van der Waals surface area contributed by atoms with Gasteiger partial charge in [-0.25, -0.2) is 0 Å². The number of nitro benzene ring substituents is 1. The molecule has 1 aliphatic heterocycles. The third kappa shape index (κ3) is 2.18. The normalized spacial score (nSPS) is 12.6. The summed E-state index contributed by atoms with van der Waals surface area (Å²) in [6, 6.07) is 4.21. The lowest BCUT2D eigenvalue weighted by molar-refractivity contribution is -0.694. The van der Waals surface area contributed by atoms with Crippen LogP contribution in [0.3, 0.4) is 0 Å². The van der Waals surface area contributed by atoms with E-state index in [9.17, 15) is 20.2 Å². The van der Waals surface area contributed by atoms with E-state index >= 15 is 0 Å². The van der Waals surface area contributed by atoms with E-state index in [4.69, 9.17) is 11.6 Å². The first-order chi connectivity index (χ1) is 10.0. The molecule has 2 heterocycles. The number of alkyl halides is 1.